The predicted molar refractivity (Wildman–Crippen MR) is 48.9 cm³/mol. The molecule has 0 aliphatic carbocycles. The number of quaternary nitrogens is 1. The van der Waals surface area contributed by atoms with Gasteiger partial charge in [-0.15, -0.1) is 0 Å². The molecule has 0 fully saturated rings. The molecule has 13 heavy (non-hydrogen) atoms. The van der Waals surface area contributed by atoms with Gasteiger partial charge >= 0.3 is 0 Å². The standard InChI is InChI=1S/C7H8N3O3/c1-10(12)7-3-2-5(8)4-6(7)9(11)13-10/h2-4H,8H2,1H3/q-1. The lowest BCUT2D eigenvalue weighted by atomic mass is 10.2. The van der Waals surface area contributed by atoms with Gasteiger partial charge in [0.15, 0.2) is 5.69 Å². The van der Waals surface area contributed by atoms with Crippen LogP contribution in [0.25, 0.3) is 0 Å². The van der Waals surface area contributed by atoms with Crippen LogP contribution in [-0.4, -0.2) is 7.05 Å². The summed E-state index contributed by atoms with van der Waals surface area (Å²) in [5, 5.41) is 22.7. The Kier molecular flexibility index (Phi) is 1.48. The van der Waals surface area contributed by atoms with Crippen LogP contribution in [-0.2, 0) is 4.94 Å². The van der Waals surface area contributed by atoms with Crippen molar-refractivity contribution in [1.29, 1.82) is 0 Å². The van der Waals surface area contributed by atoms with Crippen molar-refractivity contribution in [3.63, 3.8) is 0 Å². The molecular weight excluding hydrogens is 174 g/mol. The number of benzene rings is 1. The first-order chi connectivity index (χ1) is 6.00. The molecule has 1 heterocycles. The first-order valence-electron chi connectivity index (χ1n) is 3.65. The molecule has 6 nitrogen and oxygen atoms in total. The number of nitrogens with zero attached hydrogens (tertiary/aromatic N) is 2. The molecule has 0 amide bonds. The Morgan fingerprint density at radius 3 is 2.92 bits per heavy atom. The van der Waals surface area contributed by atoms with Crippen LogP contribution in [0.3, 0.4) is 0 Å². The summed E-state index contributed by atoms with van der Waals surface area (Å²) >= 11 is 0. The third-order valence-electron chi connectivity index (χ3n) is 1.86. The number of anilines is 2. The van der Waals surface area contributed by atoms with Crippen LogP contribution >= 0.6 is 0 Å². The highest BCUT2D eigenvalue weighted by molar-refractivity contribution is 5.74. The van der Waals surface area contributed by atoms with Crippen LogP contribution < -0.4 is 15.8 Å². The molecule has 2 N–H and O–H groups in total. The Morgan fingerprint density at radius 2 is 2.23 bits per heavy atom. The fourth-order valence-corrected chi connectivity index (χ4v) is 1.26. The summed E-state index contributed by atoms with van der Waals surface area (Å²) in [4.78, 5) is 3.32. The summed E-state index contributed by atoms with van der Waals surface area (Å²) in [5.74, 6) is 0. The van der Waals surface area contributed by atoms with Gasteiger partial charge in [0, 0.05) is 11.8 Å². The van der Waals surface area contributed by atoms with Gasteiger partial charge in [-0.3, -0.25) is 5.23 Å². The van der Waals surface area contributed by atoms with Gasteiger partial charge in [-0.2, -0.15) is 4.81 Å². The van der Waals surface area contributed by atoms with Crippen LogP contribution in [0.1, 0.15) is 0 Å². The van der Waals surface area contributed by atoms with Crippen molar-refractivity contribution in [2.24, 2.45) is 0 Å². The number of nitrogen functional groups attached to an aromatic ring is 1. The molecule has 0 saturated carbocycles. The number of hydroxylamine groups is 2. The Balaban J connectivity index is 2.59. The van der Waals surface area contributed by atoms with E-state index in [2.05, 4.69) is 4.94 Å². The van der Waals surface area contributed by atoms with Crippen molar-refractivity contribution in [3.8, 4) is 0 Å². The topological polar surface area (TPSA) is 84.6 Å². The van der Waals surface area contributed by atoms with Crippen LogP contribution in [0.15, 0.2) is 18.2 Å². The number of rotatable bonds is 0. The molecule has 0 saturated heterocycles. The second-order valence-corrected chi connectivity index (χ2v) is 2.93. The van der Waals surface area contributed by atoms with Gasteiger partial charge in [0.1, 0.15) is 12.7 Å². The Morgan fingerprint density at radius 1 is 1.54 bits per heavy atom. The molecule has 70 valence electrons. The molecule has 1 aliphatic rings. The zero-order valence-electron chi connectivity index (χ0n) is 6.93. The second-order valence-electron chi connectivity index (χ2n) is 2.93. The lowest BCUT2D eigenvalue weighted by Crippen LogP contribution is -2.37. The zero-order valence-corrected chi connectivity index (χ0v) is 6.93. The first kappa shape index (κ1) is 8.27. The summed E-state index contributed by atoms with van der Waals surface area (Å²) in [5.41, 5.74) is 6.29. The van der Waals surface area contributed by atoms with Crippen molar-refractivity contribution in [1.82, 2.24) is 4.81 Å². The van der Waals surface area contributed by atoms with E-state index in [1.54, 1.807) is 6.07 Å². The van der Waals surface area contributed by atoms with Crippen molar-refractivity contribution in [3.05, 3.63) is 28.6 Å². The average Bonchev–Trinajstić information content (AvgIpc) is 2.22. The summed E-state index contributed by atoms with van der Waals surface area (Å²) < 4.78 is 0. The number of nitrogens with two attached hydrogens (primary N) is 1. The minimum Gasteiger partial charge on any atom is -0.729 e. The first-order valence-corrected chi connectivity index (χ1v) is 3.65. The van der Waals surface area contributed by atoms with E-state index in [4.69, 9.17) is 5.73 Å². The molecule has 1 unspecified atom stereocenters. The highest BCUT2D eigenvalue weighted by Crippen LogP contribution is 2.40. The van der Waals surface area contributed by atoms with Crippen molar-refractivity contribution in [2.75, 3.05) is 18.0 Å². The van der Waals surface area contributed by atoms with Gasteiger partial charge < -0.3 is 16.1 Å². The Hall–Kier alpha value is -1.34. The van der Waals surface area contributed by atoms with E-state index < -0.39 is 4.81 Å². The van der Waals surface area contributed by atoms with Crippen molar-refractivity contribution in [2.45, 2.75) is 0 Å². The van der Waals surface area contributed by atoms with Gasteiger partial charge in [-0.25, -0.2) is 0 Å². The molecule has 0 spiro atoms. The normalized spacial score (nSPS) is 26.2. The SMILES string of the molecule is C[N+]1([O-])ON([O-])c2cc(N)ccc21. The third kappa shape index (κ3) is 1.12. The van der Waals surface area contributed by atoms with Gasteiger partial charge in [0.05, 0.1) is 0 Å². The van der Waals surface area contributed by atoms with Crippen LogP contribution in [0.2, 0.25) is 0 Å². The molecule has 0 radical (unpaired) electrons. The highest BCUT2D eigenvalue weighted by atomic mass is 17.1. The largest absolute Gasteiger partial charge is 0.729 e. The van der Waals surface area contributed by atoms with E-state index in [1.807, 2.05) is 0 Å². The smallest absolute Gasteiger partial charge is 0.192 e. The van der Waals surface area contributed by atoms with Crippen molar-refractivity contribution < 1.29 is 4.94 Å². The molecule has 6 heteroatoms. The molecular formula is C7H8N3O3-. The van der Waals surface area contributed by atoms with E-state index >= 15 is 0 Å². The number of hydrogen-bond acceptors (Lipinski definition) is 5. The molecule has 0 bridgehead atoms. The summed E-state index contributed by atoms with van der Waals surface area (Å²) in [6.07, 6.45) is 0. The quantitative estimate of drug-likeness (QED) is 0.365. The molecule has 1 aromatic carbocycles. The predicted octanol–water partition coefficient (Wildman–Crippen LogP) is 0.868. The number of fused-ring (bicyclic) bond motifs is 1. The molecule has 1 atom stereocenters. The molecule has 1 aromatic rings. The Labute approximate surface area is 74.4 Å². The lowest BCUT2D eigenvalue weighted by Gasteiger charge is -2.30. The summed E-state index contributed by atoms with van der Waals surface area (Å²) in [6, 6.07) is 4.44. The van der Waals surface area contributed by atoms with Crippen LogP contribution in [0.4, 0.5) is 17.1 Å². The number of hydrogen-bond donors (Lipinski definition) is 1. The van der Waals surface area contributed by atoms with Gasteiger partial charge in [0.2, 0.25) is 0 Å². The van der Waals surface area contributed by atoms with Crippen LogP contribution in [0.5, 0.6) is 0 Å². The second kappa shape index (κ2) is 2.33. The zero-order chi connectivity index (χ0) is 9.64. The fraction of sp³-hybridized carbons (Fsp3) is 0.143. The fourth-order valence-electron chi connectivity index (χ4n) is 1.26. The van der Waals surface area contributed by atoms with Gasteiger partial charge in [0.25, 0.3) is 0 Å². The maximum absolute atomic E-state index is 11.5. The molecule has 2 rings (SSSR count). The average molecular weight is 182 g/mol. The van der Waals surface area contributed by atoms with Gasteiger partial charge in [-0.1, -0.05) is 4.94 Å². The monoisotopic (exact) mass is 182 g/mol. The van der Waals surface area contributed by atoms with Crippen LogP contribution in [0, 0.1) is 10.4 Å². The summed E-state index contributed by atoms with van der Waals surface area (Å²) in [7, 11) is 1.23. The Bertz CT molecular complexity index is 353. The van der Waals surface area contributed by atoms with E-state index in [0.717, 1.165) is 0 Å². The maximum Gasteiger partial charge on any atom is 0.192 e. The third-order valence-corrected chi connectivity index (χ3v) is 1.86. The highest BCUT2D eigenvalue weighted by Gasteiger charge is 2.31. The van der Waals surface area contributed by atoms with E-state index in [9.17, 15) is 10.4 Å². The van der Waals surface area contributed by atoms with E-state index in [-0.39, 0.29) is 16.6 Å². The molecule has 0 aromatic heterocycles. The van der Waals surface area contributed by atoms with E-state index in [1.165, 1.54) is 19.2 Å². The van der Waals surface area contributed by atoms with E-state index in [0.29, 0.717) is 5.69 Å². The summed E-state index contributed by atoms with van der Waals surface area (Å²) in [6.45, 7) is 0. The van der Waals surface area contributed by atoms with Crippen molar-refractivity contribution >= 4 is 17.1 Å². The molecule has 1 aliphatic heterocycles. The van der Waals surface area contributed by atoms with Gasteiger partial charge in [-0.05, 0) is 12.1 Å². The lowest BCUT2D eigenvalue weighted by molar-refractivity contribution is -0.0751. The maximum atomic E-state index is 11.5. The minimum absolute atomic E-state index is 0.164. The minimum atomic E-state index is -1.15.